The summed E-state index contributed by atoms with van der Waals surface area (Å²) in [7, 11) is 0. The number of rotatable bonds is 7. The Balaban J connectivity index is 1.84. The summed E-state index contributed by atoms with van der Waals surface area (Å²) in [5, 5.41) is 14.1. The van der Waals surface area contributed by atoms with Crippen LogP contribution in [0.3, 0.4) is 0 Å². The number of nitrogens with one attached hydrogen (secondary N) is 1. The second-order valence-corrected chi connectivity index (χ2v) is 6.35. The van der Waals surface area contributed by atoms with Gasteiger partial charge in [0.05, 0.1) is 5.39 Å². The van der Waals surface area contributed by atoms with Gasteiger partial charge in [-0.05, 0) is 56.3 Å². The van der Waals surface area contributed by atoms with Crippen LogP contribution in [0.15, 0.2) is 27.4 Å². The minimum absolute atomic E-state index is 0.212. The molecule has 0 saturated heterocycles. The summed E-state index contributed by atoms with van der Waals surface area (Å²) >= 11 is 0. The number of ether oxygens (including phenoxy) is 1. The normalized spacial score (nSPS) is 15.2. The van der Waals surface area contributed by atoms with Crippen LogP contribution >= 0.6 is 0 Å². The lowest BCUT2D eigenvalue weighted by atomic mass is 9.90. The Labute approximate surface area is 141 Å². The van der Waals surface area contributed by atoms with Crippen molar-refractivity contribution in [2.75, 3.05) is 19.7 Å². The van der Waals surface area contributed by atoms with Crippen molar-refractivity contribution in [2.45, 2.75) is 45.1 Å². The molecule has 0 saturated carbocycles. The van der Waals surface area contributed by atoms with Gasteiger partial charge in [-0.15, -0.1) is 0 Å². The van der Waals surface area contributed by atoms with Crippen molar-refractivity contribution in [1.29, 1.82) is 0 Å². The van der Waals surface area contributed by atoms with Gasteiger partial charge < -0.3 is 19.6 Å². The SMILES string of the molecule is CCCNCC(O)COc1cccc2oc(=O)c3c(c12)CCCC3. The lowest BCUT2D eigenvalue weighted by Crippen LogP contribution is -2.31. The third-order valence-corrected chi connectivity index (χ3v) is 4.44. The molecule has 1 atom stereocenters. The van der Waals surface area contributed by atoms with Crippen molar-refractivity contribution in [2.24, 2.45) is 0 Å². The van der Waals surface area contributed by atoms with Crippen molar-refractivity contribution >= 4 is 11.0 Å². The predicted molar refractivity (Wildman–Crippen MR) is 93.8 cm³/mol. The quantitative estimate of drug-likeness (QED) is 0.602. The van der Waals surface area contributed by atoms with Crippen LogP contribution < -0.4 is 15.7 Å². The van der Waals surface area contributed by atoms with Gasteiger partial charge in [-0.1, -0.05) is 13.0 Å². The first kappa shape index (κ1) is 17.0. The van der Waals surface area contributed by atoms with E-state index < -0.39 is 6.10 Å². The van der Waals surface area contributed by atoms with Gasteiger partial charge in [-0.3, -0.25) is 0 Å². The van der Waals surface area contributed by atoms with Crippen molar-refractivity contribution in [3.8, 4) is 5.75 Å². The lowest BCUT2D eigenvalue weighted by Gasteiger charge is -2.19. The molecule has 0 bridgehead atoms. The second-order valence-electron chi connectivity index (χ2n) is 6.35. The van der Waals surface area contributed by atoms with Crippen LogP contribution in [-0.2, 0) is 12.8 Å². The van der Waals surface area contributed by atoms with Crippen LogP contribution in [0.1, 0.15) is 37.3 Å². The van der Waals surface area contributed by atoms with Crippen LogP contribution in [0.5, 0.6) is 5.75 Å². The molecule has 1 aliphatic carbocycles. The van der Waals surface area contributed by atoms with E-state index in [4.69, 9.17) is 9.15 Å². The lowest BCUT2D eigenvalue weighted by molar-refractivity contribution is 0.107. The Kier molecular flexibility index (Phi) is 5.53. The first-order valence-electron chi connectivity index (χ1n) is 8.80. The van der Waals surface area contributed by atoms with E-state index in [-0.39, 0.29) is 12.2 Å². The van der Waals surface area contributed by atoms with E-state index in [2.05, 4.69) is 12.2 Å². The van der Waals surface area contributed by atoms with Crippen molar-refractivity contribution < 1.29 is 14.3 Å². The molecule has 130 valence electrons. The fourth-order valence-electron chi connectivity index (χ4n) is 3.27. The van der Waals surface area contributed by atoms with Gasteiger partial charge in [-0.2, -0.15) is 0 Å². The molecule has 0 fully saturated rings. The summed E-state index contributed by atoms with van der Waals surface area (Å²) in [5.74, 6) is 0.684. The number of benzene rings is 1. The van der Waals surface area contributed by atoms with Gasteiger partial charge >= 0.3 is 5.63 Å². The topological polar surface area (TPSA) is 71.7 Å². The average molecular weight is 331 g/mol. The molecule has 1 aromatic heterocycles. The zero-order valence-electron chi connectivity index (χ0n) is 14.1. The fourth-order valence-corrected chi connectivity index (χ4v) is 3.27. The summed E-state index contributed by atoms with van der Waals surface area (Å²) in [6, 6.07) is 5.50. The summed E-state index contributed by atoms with van der Waals surface area (Å²) in [6.45, 7) is 3.68. The fraction of sp³-hybridized carbons (Fsp3) is 0.526. The molecule has 0 radical (unpaired) electrons. The molecule has 0 amide bonds. The number of aliphatic hydroxyl groups excluding tert-OH is 1. The largest absolute Gasteiger partial charge is 0.490 e. The third kappa shape index (κ3) is 3.62. The number of hydrogen-bond acceptors (Lipinski definition) is 5. The van der Waals surface area contributed by atoms with Crippen LogP contribution in [0.4, 0.5) is 0 Å². The number of aliphatic hydroxyl groups is 1. The number of fused-ring (bicyclic) bond motifs is 3. The highest BCUT2D eigenvalue weighted by molar-refractivity contribution is 5.87. The van der Waals surface area contributed by atoms with Gasteiger partial charge in [-0.25, -0.2) is 4.79 Å². The minimum atomic E-state index is -0.571. The first-order valence-corrected chi connectivity index (χ1v) is 8.80. The molecular formula is C19H25NO4. The highest BCUT2D eigenvalue weighted by Crippen LogP contribution is 2.33. The average Bonchev–Trinajstić information content (AvgIpc) is 2.60. The second kappa shape index (κ2) is 7.81. The van der Waals surface area contributed by atoms with Gasteiger partial charge in [0, 0.05) is 12.1 Å². The van der Waals surface area contributed by atoms with Crippen molar-refractivity contribution in [1.82, 2.24) is 5.32 Å². The van der Waals surface area contributed by atoms with Crippen LogP contribution in [0.25, 0.3) is 11.0 Å². The molecule has 5 nitrogen and oxygen atoms in total. The summed E-state index contributed by atoms with van der Waals surface area (Å²) in [5.41, 5.74) is 2.19. The van der Waals surface area contributed by atoms with Crippen molar-refractivity contribution in [3.05, 3.63) is 39.7 Å². The van der Waals surface area contributed by atoms with E-state index in [0.29, 0.717) is 17.9 Å². The monoisotopic (exact) mass is 331 g/mol. The number of hydrogen-bond donors (Lipinski definition) is 2. The third-order valence-electron chi connectivity index (χ3n) is 4.44. The molecule has 3 rings (SSSR count). The standard InChI is InChI=1S/C19H25NO4/c1-2-10-20-11-13(21)12-23-16-8-5-9-17-18(16)14-6-3-4-7-15(14)19(22)24-17/h5,8-9,13,20-21H,2-4,6-7,10-12H2,1H3. The van der Waals surface area contributed by atoms with E-state index in [1.54, 1.807) is 6.07 Å². The van der Waals surface area contributed by atoms with E-state index in [1.807, 2.05) is 12.1 Å². The molecule has 1 aromatic carbocycles. The zero-order chi connectivity index (χ0) is 16.9. The van der Waals surface area contributed by atoms with Gasteiger partial charge in [0.15, 0.2) is 0 Å². The molecule has 24 heavy (non-hydrogen) atoms. The van der Waals surface area contributed by atoms with Gasteiger partial charge in [0.25, 0.3) is 0 Å². The molecular weight excluding hydrogens is 306 g/mol. The maximum absolute atomic E-state index is 12.1. The molecule has 1 heterocycles. The molecule has 0 aliphatic heterocycles. The maximum Gasteiger partial charge on any atom is 0.339 e. The highest BCUT2D eigenvalue weighted by Gasteiger charge is 2.20. The summed E-state index contributed by atoms with van der Waals surface area (Å²) < 4.78 is 11.3. The van der Waals surface area contributed by atoms with E-state index in [1.165, 1.54) is 0 Å². The Hall–Kier alpha value is -1.85. The maximum atomic E-state index is 12.1. The molecule has 1 aliphatic rings. The predicted octanol–water partition coefficient (Wildman–Crippen LogP) is 2.41. The zero-order valence-corrected chi connectivity index (χ0v) is 14.1. The van der Waals surface area contributed by atoms with E-state index in [9.17, 15) is 9.90 Å². The summed E-state index contributed by atoms with van der Waals surface area (Å²) in [6.07, 6.45) is 4.20. The Bertz CT molecular complexity index is 753. The Morgan fingerprint density at radius 2 is 2.08 bits per heavy atom. The molecule has 1 unspecified atom stereocenters. The van der Waals surface area contributed by atoms with Gasteiger partial charge in [0.2, 0.25) is 0 Å². The molecule has 2 aromatic rings. The molecule has 2 N–H and O–H groups in total. The summed E-state index contributed by atoms with van der Waals surface area (Å²) in [4.78, 5) is 12.1. The van der Waals surface area contributed by atoms with E-state index in [0.717, 1.165) is 55.2 Å². The van der Waals surface area contributed by atoms with Gasteiger partial charge in [0.1, 0.15) is 24.0 Å². The Morgan fingerprint density at radius 1 is 1.29 bits per heavy atom. The van der Waals surface area contributed by atoms with Crippen LogP contribution in [0.2, 0.25) is 0 Å². The minimum Gasteiger partial charge on any atom is -0.490 e. The highest BCUT2D eigenvalue weighted by atomic mass is 16.5. The molecule has 5 heteroatoms. The number of aryl methyl sites for hydroxylation is 1. The van der Waals surface area contributed by atoms with Crippen LogP contribution in [0, 0.1) is 0 Å². The smallest absolute Gasteiger partial charge is 0.339 e. The Morgan fingerprint density at radius 3 is 2.88 bits per heavy atom. The molecule has 0 spiro atoms. The van der Waals surface area contributed by atoms with E-state index >= 15 is 0 Å². The van der Waals surface area contributed by atoms with Crippen molar-refractivity contribution in [3.63, 3.8) is 0 Å². The van der Waals surface area contributed by atoms with Crippen LogP contribution in [-0.4, -0.2) is 30.9 Å². The first-order chi connectivity index (χ1) is 11.7.